The third-order valence-corrected chi connectivity index (χ3v) is 4.73. The van der Waals surface area contributed by atoms with Crippen LogP contribution < -0.4 is 0 Å². The molecule has 0 aliphatic carbocycles. The van der Waals surface area contributed by atoms with E-state index < -0.39 is 0 Å². The lowest BCUT2D eigenvalue weighted by atomic mass is 9.71. The predicted octanol–water partition coefficient (Wildman–Crippen LogP) is 4.10. The Kier molecular flexibility index (Phi) is 2.61. The van der Waals surface area contributed by atoms with Crippen molar-refractivity contribution >= 4 is 11.8 Å². The Labute approximate surface area is 91.1 Å². The Morgan fingerprint density at radius 3 is 2.71 bits per heavy atom. The molecule has 0 aromatic heterocycles. The van der Waals surface area contributed by atoms with Gasteiger partial charge in [0, 0.05) is 4.90 Å². The van der Waals surface area contributed by atoms with E-state index in [1.165, 1.54) is 17.1 Å². The topological polar surface area (TPSA) is 0 Å². The van der Waals surface area contributed by atoms with Crippen molar-refractivity contribution in [3.63, 3.8) is 0 Å². The molecule has 0 bridgehead atoms. The molecule has 1 aliphatic rings. The van der Waals surface area contributed by atoms with Crippen LogP contribution in [0.1, 0.15) is 32.8 Å². The molecule has 0 fully saturated rings. The molecule has 2 rings (SSSR count). The lowest BCUT2D eigenvalue weighted by molar-refractivity contribution is 0.319. The van der Waals surface area contributed by atoms with Crippen molar-refractivity contribution in [3.05, 3.63) is 29.8 Å². The molecule has 1 aromatic carbocycles. The van der Waals surface area contributed by atoms with Crippen molar-refractivity contribution in [1.29, 1.82) is 0 Å². The molecule has 1 aliphatic heterocycles. The number of hydrogen-bond donors (Lipinski definition) is 0. The number of fused-ring (bicyclic) bond motifs is 1. The summed E-state index contributed by atoms with van der Waals surface area (Å²) in [5.74, 6) is 2.00. The van der Waals surface area contributed by atoms with Gasteiger partial charge in [0.15, 0.2) is 0 Å². The van der Waals surface area contributed by atoms with Crippen molar-refractivity contribution in [2.24, 2.45) is 5.92 Å². The number of rotatable bonds is 1. The molecule has 0 N–H and O–H groups in total. The van der Waals surface area contributed by atoms with E-state index in [0.29, 0.717) is 5.41 Å². The number of thioether (sulfide) groups is 1. The Balaban J connectivity index is 2.50. The smallest absolute Gasteiger partial charge is 0.0110 e. The zero-order chi connectivity index (χ0) is 10.2. The maximum absolute atomic E-state index is 2.41. The first kappa shape index (κ1) is 10.1. The highest BCUT2D eigenvalue weighted by Crippen LogP contribution is 2.45. The fraction of sp³-hybridized carbons (Fsp3) is 0.538. The van der Waals surface area contributed by atoms with E-state index in [2.05, 4.69) is 45.0 Å². The second-order valence-electron chi connectivity index (χ2n) is 4.67. The number of hydrogen-bond acceptors (Lipinski definition) is 1. The minimum atomic E-state index is 0.391. The fourth-order valence-electron chi connectivity index (χ4n) is 2.17. The highest BCUT2D eigenvalue weighted by Gasteiger charge is 2.34. The van der Waals surface area contributed by atoms with Crippen molar-refractivity contribution in [2.75, 3.05) is 5.75 Å². The second-order valence-corrected chi connectivity index (χ2v) is 5.80. The molecule has 0 radical (unpaired) electrons. The molecular weight excluding hydrogens is 188 g/mol. The SMILES string of the molecule is CC(C)C1(C)CCSc2ccccc21. The highest BCUT2D eigenvalue weighted by molar-refractivity contribution is 7.99. The summed E-state index contributed by atoms with van der Waals surface area (Å²) in [6.45, 7) is 7.09. The van der Waals surface area contributed by atoms with Gasteiger partial charge in [-0.05, 0) is 35.1 Å². The average molecular weight is 206 g/mol. The van der Waals surface area contributed by atoms with Crippen molar-refractivity contribution < 1.29 is 0 Å². The van der Waals surface area contributed by atoms with Crippen LogP contribution in [-0.2, 0) is 5.41 Å². The van der Waals surface area contributed by atoms with Crippen molar-refractivity contribution in [2.45, 2.75) is 37.5 Å². The van der Waals surface area contributed by atoms with Gasteiger partial charge >= 0.3 is 0 Å². The molecule has 1 unspecified atom stereocenters. The average Bonchev–Trinajstić information content (AvgIpc) is 2.18. The molecule has 0 spiro atoms. The van der Waals surface area contributed by atoms with Gasteiger partial charge in [-0.15, -0.1) is 11.8 Å². The monoisotopic (exact) mass is 206 g/mol. The first-order chi connectivity index (χ1) is 6.64. The zero-order valence-electron chi connectivity index (χ0n) is 9.21. The molecule has 1 atom stereocenters. The van der Waals surface area contributed by atoms with Gasteiger partial charge in [-0.2, -0.15) is 0 Å². The zero-order valence-corrected chi connectivity index (χ0v) is 10.0. The maximum Gasteiger partial charge on any atom is 0.0110 e. The fourth-order valence-corrected chi connectivity index (χ4v) is 3.55. The van der Waals surface area contributed by atoms with Crippen LogP contribution in [0.4, 0.5) is 0 Å². The van der Waals surface area contributed by atoms with Crippen LogP contribution in [0.25, 0.3) is 0 Å². The van der Waals surface area contributed by atoms with E-state index in [1.54, 1.807) is 5.56 Å². The molecule has 1 heteroatoms. The second kappa shape index (κ2) is 3.62. The van der Waals surface area contributed by atoms with Crippen LogP contribution in [-0.4, -0.2) is 5.75 Å². The lowest BCUT2D eigenvalue weighted by Crippen LogP contribution is -2.32. The van der Waals surface area contributed by atoms with Gasteiger partial charge in [-0.3, -0.25) is 0 Å². The van der Waals surface area contributed by atoms with E-state index in [-0.39, 0.29) is 0 Å². The summed E-state index contributed by atoms with van der Waals surface area (Å²) in [7, 11) is 0. The van der Waals surface area contributed by atoms with Gasteiger partial charge in [0.25, 0.3) is 0 Å². The molecule has 0 nitrogen and oxygen atoms in total. The summed E-state index contributed by atoms with van der Waals surface area (Å²) < 4.78 is 0. The first-order valence-electron chi connectivity index (χ1n) is 5.37. The van der Waals surface area contributed by atoms with E-state index >= 15 is 0 Å². The molecule has 1 aromatic rings. The van der Waals surface area contributed by atoms with Gasteiger partial charge in [0.2, 0.25) is 0 Å². The third-order valence-electron chi connectivity index (χ3n) is 3.66. The van der Waals surface area contributed by atoms with Gasteiger partial charge in [-0.1, -0.05) is 39.0 Å². The molecule has 0 saturated carbocycles. The summed E-state index contributed by atoms with van der Waals surface area (Å²) >= 11 is 2.01. The minimum absolute atomic E-state index is 0.391. The normalized spacial score (nSPS) is 26.3. The summed E-state index contributed by atoms with van der Waals surface area (Å²) in [4.78, 5) is 1.50. The number of benzene rings is 1. The molecule has 0 amide bonds. The van der Waals surface area contributed by atoms with Gasteiger partial charge in [-0.25, -0.2) is 0 Å². The van der Waals surface area contributed by atoms with Crippen molar-refractivity contribution in [1.82, 2.24) is 0 Å². The van der Waals surface area contributed by atoms with Crippen LogP contribution in [0.2, 0.25) is 0 Å². The molecule has 76 valence electrons. The van der Waals surface area contributed by atoms with Crippen molar-refractivity contribution in [3.8, 4) is 0 Å². The van der Waals surface area contributed by atoms with Gasteiger partial charge in [0.05, 0.1) is 0 Å². The van der Waals surface area contributed by atoms with E-state index in [1.807, 2.05) is 11.8 Å². The van der Waals surface area contributed by atoms with E-state index in [0.717, 1.165) is 5.92 Å². The van der Waals surface area contributed by atoms with Crippen LogP contribution >= 0.6 is 11.8 Å². The highest BCUT2D eigenvalue weighted by atomic mass is 32.2. The summed E-state index contributed by atoms with van der Waals surface area (Å²) in [6.07, 6.45) is 1.31. The van der Waals surface area contributed by atoms with Crippen LogP contribution in [0, 0.1) is 5.92 Å². The Hall–Kier alpha value is -0.430. The Bertz CT molecular complexity index is 330. The van der Waals surface area contributed by atoms with Gasteiger partial charge in [0.1, 0.15) is 0 Å². The van der Waals surface area contributed by atoms with E-state index in [9.17, 15) is 0 Å². The third kappa shape index (κ3) is 1.48. The standard InChI is InChI=1S/C13H18S/c1-10(2)13(3)8-9-14-12-7-5-4-6-11(12)13/h4-7,10H,8-9H2,1-3H3. The molecule has 14 heavy (non-hydrogen) atoms. The Morgan fingerprint density at radius 2 is 2.00 bits per heavy atom. The van der Waals surface area contributed by atoms with Crippen LogP contribution in [0.15, 0.2) is 29.2 Å². The summed E-state index contributed by atoms with van der Waals surface area (Å²) in [5.41, 5.74) is 1.95. The van der Waals surface area contributed by atoms with Gasteiger partial charge < -0.3 is 0 Å². The minimum Gasteiger partial charge on any atom is -0.126 e. The van der Waals surface area contributed by atoms with Crippen LogP contribution in [0.3, 0.4) is 0 Å². The first-order valence-corrected chi connectivity index (χ1v) is 6.35. The summed E-state index contributed by atoms with van der Waals surface area (Å²) in [6, 6.07) is 8.89. The van der Waals surface area contributed by atoms with Crippen LogP contribution in [0.5, 0.6) is 0 Å². The molecular formula is C13H18S. The quantitative estimate of drug-likeness (QED) is 0.666. The lowest BCUT2D eigenvalue weighted by Gasteiger charge is -2.39. The largest absolute Gasteiger partial charge is 0.126 e. The van der Waals surface area contributed by atoms with E-state index in [4.69, 9.17) is 0 Å². The predicted molar refractivity (Wildman–Crippen MR) is 64.0 cm³/mol. The molecule has 1 heterocycles. The maximum atomic E-state index is 2.41. The molecule has 0 saturated heterocycles. The summed E-state index contributed by atoms with van der Waals surface area (Å²) in [5, 5.41) is 0. The Morgan fingerprint density at radius 1 is 1.29 bits per heavy atom.